The van der Waals surface area contributed by atoms with Crippen LogP contribution < -0.4 is 4.90 Å². The Hall–Kier alpha value is -1.19. The first-order chi connectivity index (χ1) is 8.28. The maximum absolute atomic E-state index is 12.5. The first-order valence-corrected chi connectivity index (χ1v) is 6.20. The van der Waals surface area contributed by atoms with E-state index >= 15 is 0 Å². The van der Waals surface area contributed by atoms with E-state index in [4.69, 9.17) is 0 Å². The fraction of sp³-hybridized carbons (Fsp3) is 0.571. The third kappa shape index (κ3) is 2.98. The molecular weight excluding hydrogens is 239 g/mol. The molecule has 0 radical (unpaired) electrons. The fourth-order valence-corrected chi connectivity index (χ4v) is 2.50. The van der Waals surface area contributed by atoms with Gasteiger partial charge in [-0.1, -0.05) is 13.8 Å². The van der Waals surface area contributed by atoms with Crippen LogP contribution in [-0.2, 0) is 6.18 Å². The number of alkyl halides is 3. The predicted molar refractivity (Wildman–Crippen MR) is 66.7 cm³/mol. The highest BCUT2D eigenvalue weighted by Gasteiger charge is 2.31. The zero-order chi connectivity index (χ0) is 13.4. The molecule has 1 saturated heterocycles. The Morgan fingerprint density at radius 2 is 1.72 bits per heavy atom. The summed E-state index contributed by atoms with van der Waals surface area (Å²) in [6, 6.07) is 5.47. The number of rotatable bonds is 1. The van der Waals surface area contributed by atoms with Crippen molar-refractivity contribution < 1.29 is 13.2 Å². The van der Waals surface area contributed by atoms with Crippen LogP contribution in [0.4, 0.5) is 18.9 Å². The number of nitrogens with zero attached hydrogens (tertiary/aromatic N) is 1. The molecule has 0 spiro atoms. The molecule has 1 aliphatic heterocycles. The minimum absolute atomic E-state index is 0.237. The quantitative estimate of drug-likeness (QED) is 0.723. The van der Waals surface area contributed by atoms with E-state index in [1.807, 2.05) is 0 Å². The van der Waals surface area contributed by atoms with E-state index in [0.717, 1.165) is 37.3 Å². The SMILES string of the molecule is CC1(C)CCCN(c2ccc(C(F)(F)F)cc2)C1. The highest BCUT2D eigenvalue weighted by atomic mass is 19.4. The average Bonchev–Trinajstić information content (AvgIpc) is 2.27. The Kier molecular flexibility index (Phi) is 3.30. The van der Waals surface area contributed by atoms with Crippen molar-refractivity contribution in [3.8, 4) is 0 Å². The first kappa shape index (κ1) is 13.2. The van der Waals surface area contributed by atoms with Crippen LogP contribution in [0.15, 0.2) is 24.3 Å². The van der Waals surface area contributed by atoms with Gasteiger partial charge in [0.1, 0.15) is 0 Å². The lowest BCUT2D eigenvalue weighted by Gasteiger charge is -2.39. The van der Waals surface area contributed by atoms with Gasteiger partial charge in [0.25, 0.3) is 0 Å². The van der Waals surface area contributed by atoms with Crippen LogP contribution in [0.1, 0.15) is 32.3 Å². The summed E-state index contributed by atoms with van der Waals surface area (Å²) >= 11 is 0. The molecule has 0 amide bonds. The number of hydrogen-bond donors (Lipinski definition) is 0. The van der Waals surface area contributed by atoms with Crippen molar-refractivity contribution in [3.05, 3.63) is 29.8 Å². The van der Waals surface area contributed by atoms with Crippen LogP contribution in [0.5, 0.6) is 0 Å². The molecular formula is C14H18F3N. The molecule has 0 bridgehead atoms. The molecule has 2 rings (SSSR count). The molecule has 1 aliphatic rings. The number of benzene rings is 1. The predicted octanol–water partition coefficient (Wildman–Crippen LogP) is 4.33. The molecule has 1 nitrogen and oxygen atoms in total. The molecule has 1 aromatic carbocycles. The third-order valence-corrected chi connectivity index (χ3v) is 3.46. The van der Waals surface area contributed by atoms with Gasteiger partial charge in [0, 0.05) is 18.8 Å². The number of halogens is 3. The van der Waals surface area contributed by atoms with Gasteiger partial charge in [-0.25, -0.2) is 0 Å². The van der Waals surface area contributed by atoms with Crippen LogP contribution >= 0.6 is 0 Å². The second-order valence-corrected chi connectivity index (χ2v) is 5.73. The minimum Gasteiger partial charge on any atom is -0.371 e. The van der Waals surface area contributed by atoms with Crippen LogP contribution in [0.25, 0.3) is 0 Å². The largest absolute Gasteiger partial charge is 0.416 e. The molecule has 0 aliphatic carbocycles. The van der Waals surface area contributed by atoms with E-state index in [9.17, 15) is 13.2 Å². The lowest BCUT2D eigenvalue weighted by atomic mass is 9.84. The molecule has 0 aromatic heterocycles. The van der Waals surface area contributed by atoms with Gasteiger partial charge < -0.3 is 4.90 Å². The second kappa shape index (κ2) is 4.48. The Morgan fingerprint density at radius 1 is 1.11 bits per heavy atom. The fourth-order valence-electron chi connectivity index (χ4n) is 2.50. The molecule has 0 unspecified atom stereocenters. The monoisotopic (exact) mass is 257 g/mol. The van der Waals surface area contributed by atoms with Crippen molar-refractivity contribution >= 4 is 5.69 Å². The second-order valence-electron chi connectivity index (χ2n) is 5.73. The van der Waals surface area contributed by atoms with Crippen molar-refractivity contribution in [2.24, 2.45) is 5.41 Å². The van der Waals surface area contributed by atoms with Gasteiger partial charge in [-0.05, 0) is 42.5 Å². The minimum atomic E-state index is -4.25. The van der Waals surface area contributed by atoms with Crippen LogP contribution in [0.3, 0.4) is 0 Å². The van der Waals surface area contributed by atoms with Gasteiger partial charge in [-0.3, -0.25) is 0 Å². The molecule has 1 aromatic rings. The molecule has 0 atom stereocenters. The smallest absolute Gasteiger partial charge is 0.371 e. The topological polar surface area (TPSA) is 3.24 Å². The molecule has 0 saturated carbocycles. The average molecular weight is 257 g/mol. The van der Waals surface area contributed by atoms with Crippen molar-refractivity contribution in [3.63, 3.8) is 0 Å². The molecule has 1 fully saturated rings. The summed E-state index contributed by atoms with van der Waals surface area (Å²) in [5.41, 5.74) is 0.541. The first-order valence-electron chi connectivity index (χ1n) is 6.20. The van der Waals surface area contributed by atoms with E-state index in [-0.39, 0.29) is 5.41 Å². The maximum atomic E-state index is 12.5. The summed E-state index contributed by atoms with van der Waals surface area (Å²) in [5.74, 6) is 0. The maximum Gasteiger partial charge on any atom is 0.416 e. The molecule has 1 heterocycles. The van der Waals surface area contributed by atoms with E-state index in [1.54, 1.807) is 12.1 Å². The van der Waals surface area contributed by atoms with Gasteiger partial charge >= 0.3 is 6.18 Å². The Balaban J connectivity index is 2.15. The van der Waals surface area contributed by atoms with E-state index < -0.39 is 11.7 Å². The summed E-state index contributed by atoms with van der Waals surface area (Å²) in [6.45, 7) is 6.22. The molecule has 18 heavy (non-hydrogen) atoms. The van der Waals surface area contributed by atoms with Gasteiger partial charge in [0.2, 0.25) is 0 Å². The molecule has 4 heteroatoms. The van der Waals surface area contributed by atoms with E-state index in [1.165, 1.54) is 6.42 Å². The van der Waals surface area contributed by atoms with Crippen molar-refractivity contribution in [1.82, 2.24) is 0 Å². The summed E-state index contributed by atoms with van der Waals surface area (Å²) in [5, 5.41) is 0. The van der Waals surface area contributed by atoms with E-state index in [2.05, 4.69) is 18.7 Å². The third-order valence-electron chi connectivity index (χ3n) is 3.46. The Morgan fingerprint density at radius 3 is 2.22 bits per heavy atom. The zero-order valence-corrected chi connectivity index (χ0v) is 10.7. The lowest BCUT2D eigenvalue weighted by Crippen LogP contribution is -2.40. The van der Waals surface area contributed by atoms with Crippen molar-refractivity contribution in [2.45, 2.75) is 32.9 Å². The number of piperidine rings is 1. The number of hydrogen-bond acceptors (Lipinski definition) is 1. The summed E-state index contributed by atoms with van der Waals surface area (Å²) in [6.07, 6.45) is -1.99. The Bertz CT molecular complexity index is 406. The summed E-state index contributed by atoms with van der Waals surface area (Å²) in [4.78, 5) is 2.17. The zero-order valence-electron chi connectivity index (χ0n) is 10.7. The highest BCUT2D eigenvalue weighted by molar-refractivity contribution is 5.48. The van der Waals surface area contributed by atoms with Gasteiger partial charge in [-0.15, -0.1) is 0 Å². The van der Waals surface area contributed by atoms with Gasteiger partial charge in [0.15, 0.2) is 0 Å². The lowest BCUT2D eigenvalue weighted by molar-refractivity contribution is -0.137. The molecule has 100 valence electrons. The normalized spacial score (nSPS) is 19.9. The van der Waals surface area contributed by atoms with Crippen molar-refractivity contribution in [1.29, 1.82) is 0 Å². The summed E-state index contributed by atoms with van der Waals surface area (Å²) < 4.78 is 37.4. The summed E-state index contributed by atoms with van der Waals surface area (Å²) in [7, 11) is 0. The van der Waals surface area contributed by atoms with Crippen LogP contribution in [-0.4, -0.2) is 13.1 Å². The Labute approximate surface area is 106 Å². The standard InChI is InChI=1S/C14H18F3N/c1-13(2)8-3-9-18(10-13)12-6-4-11(5-7-12)14(15,16)17/h4-7H,3,8-10H2,1-2H3. The highest BCUT2D eigenvalue weighted by Crippen LogP contribution is 2.34. The van der Waals surface area contributed by atoms with Crippen LogP contribution in [0.2, 0.25) is 0 Å². The molecule has 0 N–H and O–H groups in total. The van der Waals surface area contributed by atoms with Gasteiger partial charge in [-0.2, -0.15) is 13.2 Å². The van der Waals surface area contributed by atoms with E-state index in [0.29, 0.717) is 0 Å². The number of anilines is 1. The van der Waals surface area contributed by atoms with Gasteiger partial charge in [0.05, 0.1) is 5.56 Å². The van der Waals surface area contributed by atoms with Crippen LogP contribution in [0, 0.1) is 5.41 Å². The van der Waals surface area contributed by atoms with Crippen molar-refractivity contribution in [2.75, 3.05) is 18.0 Å².